The Bertz CT molecular complexity index is 632. The monoisotopic (exact) mass is 385 g/mol. The number of anilines is 2. The van der Waals surface area contributed by atoms with Crippen molar-refractivity contribution in [2.45, 2.75) is 51.4 Å². The van der Waals surface area contributed by atoms with Crippen LogP contribution in [0.15, 0.2) is 18.3 Å². The summed E-state index contributed by atoms with van der Waals surface area (Å²) in [4.78, 5) is 24.2. The molecule has 3 aliphatic heterocycles. The third kappa shape index (κ3) is 4.96. The molecule has 1 N–H and O–H groups in total. The standard InChI is InChI=1S/C22H35N5O/c28-22(24-20-8-5-11-23-21(20)26-15-3-4-16-26)27-17-9-19(10-18-27)7-6-14-25-12-1-2-13-25/h5,8,11,19H,1-4,6-7,9-10,12-18H2,(H,24,28). The van der Waals surface area contributed by atoms with E-state index in [1.54, 1.807) is 0 Å². The van der Waals surface area contributed by atoms with Gasteiger partial charge in [-0.15, -0.1) is 0 Å². The minimum atomic E-state index is 0.0314. The second kappa shape index (κ2) is 9.59. The van der Waals surface area contributed by atoms with Crippen molar-refractivity contribution in [2.75, 3.05) is 56.0 Å². The van der Waals surface area contributed by atoms with Crippen molar-refractivity contribution in [1.82, 2.24) is 14.8 Å². The summed E-state index contributed by atoms with van der Waals surface area (Å²) < 4.78 is 0. The lowest BCUT2D eigenvalue weighted by Crippen LogP contribution is -2.41. The number of urea groups is 1. The van der Waals surface area contributed by atoms with Gasteiger partial charge in [0.1, 0.15) is 0 Å². The molecule has 0 saturated carbocycles. The Hall–Kier alpha value is -1.82. The highest BCUT2D eigenvalue weighted by Gasteiger charge is 2.24. The molecule has 0 aromatic carbocycles. The van der Waals surface area contributed by atoms with Crippen molar-refractivity contribution in [1.29, 1.82) is 0 Å². The first-order valence-corrected chi connectivity index (χ1v) is 11.3. The SMILES string of the molecule is O=C(Nc1cccnc1N1CCCC1)N1CCC(CCCN2CCCC2)CC1. The Morgan fingerprint density at radius 2 is 1.75 bits per heavy atom. The molecule has 6 nitrogen and oxygen atoms in total. The van der Waals surface area contributed by atoms with E-state index in [1.807, 2.05) is 23.2 Å². The van der Waals surface area contributed by atoms with E-state index < -0.39 is 0 Å². The third-order valence-corrected chi connectivity index (χ3v) is 6.62. The zero-order valence-corrected chi connectivity index (χ0v) is 17.1. The van der Waals surface area contributed by atoms with Gasteiger partial charge in [-0.05, 0) is 89.1 Å². The maximum absolute atomic E-state index is 12.8. The first kappa shape index (κ1) is 19.5. The van der Waals surface area contributed by atoms with Crippen LogP contribution in [0.2, 0.25) is 0 Å². The molecular formula is C22H35N5O. The fourth-order valence-electron chi connectivity index (χ4n) is 4.90. The second-order valence-corrected chi connectivity index (χ2v) is 8.62. The Kier molecular flexibility index (Phi) is 6.68. The average Bonchev–Trinajstić information content (AvgIpc) is 3.43. The van der Waals surface area contributed by atoms with Gasteiger partial charge in [-0.2, -0.15) is 0 Å². The largest absolute Gasteiger partial charge is 0.355 e. The molecule has 0 spiro atoms. The third-order valence-electron chi connectivity index (χ3n) is 6.62. The van der Waals surface area contributed by atoms with Gasteiger partial charge in [0.25, 0.3) is 0 Å². The fourth-order valence-corrected chi connectivity index (χ4v) is 4.90. The van der Waals surface area contributed by atoms with Gasteiger partial charge >= 0.3 is 6.03 Å². The number of nitrogens with zero attached hydrogens (tertiary/aromatic N) is 4. The van der Waals surface area contributed by atoms with Crippen molar-refractivity contribution in [3.63, 3.8) is 0 Å². The number of hydrogen-bond acceptors (Lipinski definition) is 4. The van der Waals surface area contributed by atoms with Gasteiger partial charge in [0.05, 0.1) is 5.69 Å². The summed E-state index contributed by atoms with van der Waals surface area (Å²) in [5.41, 5.74) is 0.849. The zero-order valence-electron chi connectivity index (χ0n) is 17.1. The van der Waals surface area contributed by atoms with Crippen LogP contribution in [0.4, 0.5) is 16.3 Å². The summed E-state index contributed by atoms with van der Waals surface area (Å²) in [6.07, 6.45) is 11.9. The fraction of sp³-hybridized carbons (Fsp3) is 0.727. The second-order valence-electron chi connectivity index (χ2n) is 8.62. The molecule has 0 aliphatic carbocycles. The van der Waals surface area contributed by atoms with E-state index in [1.165, 1.54) is 58.2 Å². The molecule has 3 fully saturated rings. The minimum absolute atomic E-state index is 0.0314. The van der Waals surface area contributed by atoms with Crippen LogP contribution in [0.3, 0.4) is 0 Å². The predicted octanol–water partition coefficient (Wildman–Crippen LogP) is 3.80. The molecule has 1 aromatic rings. The number of hydrogen-bond donors (Lipinski definition) is 1. The number of piperidine rings is 1. The molecule has 0 radical (unpaired) electrons. The quantitative estimate of drug-likeness (QED) is 0.809. The van der Waals surface area contributed by atoms with E-state index in [9.17, 15) is 4.79 Å². The van der Waals surface area contributed by atoms with Crippen LogP contribution >= 0.6 is 0 Å². The summed E-state index contributed by atoms with van der Waals surface area (Å²) in [7, 11) is 0. The van der Waals surface area contributed by atoms with Crippen molar-refractivity contribution in [3.8, 4) is 0 Å². The molecule has 28 heavy (non-hydrogen) atoms. The Morgan fingerprint density at radius 1 is 1.04 bits per heavy atom. The number of nitrogens with one attached hydrogen (secondary N) is 1. The van der Waals surface area contributed by atoms with Crippen LogP contribution < -0.4 is 10.2 Å². The lowest BCUT2D eigenvalue weighted by Gasteiger charge is -2.32. The number of carbonyl (C=O) groups excluding carboxylic acids is 1. The van der Waals surface area contributed by atoms with Gasteiger partial charge in [-0.25, -0.2) is 9.78 Å². The molecule has 0 atom stereocenters. The van der Waals surface area contributed by atoms with E-state index in [0.29, 0.717) is 0 Å². The normalized spacial score (nSPS) is 21.4. The Morgan fingerprint density at radius 3 is 2.50 bits per heavy atom. The molecule has 2 amide bonds. The highest BCUT2D eigenvalue weighted by molar-refractivity contribution is 5.92. The maximum atomic E-state index is 12.8. The first-order chi connectivity index (χ1) is 13.8. The topological polar surface area (TPSA) is 51.7 Å². The number of aromatic nitrogens is 1. The summed E-state index contributed by atoms with van der Waals surface area (Å²) in [5.74, 6) is 1.70. The van der Waals surface area contributed by atoms with E-state index >= 15 is 0 Å². The molecular weight excluding hydrogens is 350 g/mol. The number of rotatable bonds is 6. The van der Waals surface area contributed by atoms with Gasteiger partial charge in [-0.1, -0.05) is 0 Å². The van der Waals surface area contributed by atoms with Gasteiger partial charge in [-0.3, -0.25) is 0 Å². The number of amides is 2. The van der Waals surface area contributed by atoms with Crippen LogP contribution in [-0.4, -0.2) is 66.6 Å². The van der Waals surface area contributed by atoms with Crippen molar-refractivity contribution < 1.29 is 4.79 Å². The van der Waals surface area contributed by atoms with E-state index in [0.717, 1.165) is 56.4 Å². The number of carbonyl (C=O) groups is 1. The van der Waals surface area contributed by atoms with E-state index in [4.69, 9.17) is 0 Å². The van der Waals surface area contributed by atoms with Crippen molar-refractivity contribution in [3.05, 3.63) is 18.3 Å². The molecule has 0 unspecified atom stereocenters. The molecule has 3 saturated heterocycles. The van der Waals surface area contributed by atoms with Gasteiger partial charge in [0.15, 0.2) is 5.82 Å². The average molecular weight is 386 g/mol. The lowest BCUT2D eigenvalue weighted by atomic mass is 9.92. The van der Waals surface area contributed by atoms with E-state index in [-0.39, 0.29) is 6.03 Å². The maximum Gasteiger partial charge on any atom is 0.321 e. The van der Waals surface area contributed by atoms with Crippen LogP contribution in [-0.2, 0) is 0 Å². The van der Waals surface area contributed by atoms with Gasteiger partial charge in [0, 0.05) is 32.4 Å². The minimum Gasteiger partial charge on any atom is -0.355 e. The molecule has 4 rings (SSSR count). The summed E-state index contributed by atoms with van der Waals surface area (Å²) in [6, 6.07) is 3.91. The van der Waals surface area contributed by atoms with Crippen LogP contribution in [0.1, 0.15) is 51.4 Å². The summed E-state index contributed by atoms with van der Waals surface area (Å²) in [5, 5.41) is 3.13. The molecule has 0 bridgehead atoms. The highest BCUT2D eigenvalue weighted by atomic mass is 16.2. The molecule has 4 heterocycles. The summed E-state index contributed by atoms with van der Waals surface area (Å²) >= 11 is 0. The smallest absolute Gasteiger partial charge is 0.321 e. The summed E-state index contributed by atoms with van der Waals surface area (Å²) in [6.45, 7) is 7.67. The van der Waals surface area contributed by atoms with Crippen molar-refractivity contribution in [2.24, 2.45) is 5.92 Å². The molecule has 154 valence electrons. The molecule has 1 aromatic heterocycles. The van der Waals surface area contributed by atoms with Crippen LogP contribution in [0.5, 0.6) is 0 Å². The van der Waals surface area contributed by atoms with Crippen LogP contribution in [0.25, 0.3) is 0 Å². The van der Waals surface area contributed by atoms with Gasteiger partial charge < -0.3 is 20.0 Å². The number of likely N-dealkylation sites (tertiary alicyclic amines) is 2. The van der Waals surface area contributed by atoms with Crippen LogP contribution in [0, 0.1) is 5.92 Å². The first-order valence-electron chi connectivity index (χ1n) is 11.3. The number of pyridine rings is 1. The lowest BCUT2D eigenvalue weighted by molar-refractivity contribution is 0.177. The Labute approximate surface area is 169 Å². The van der Waals surface area contributed by atoms with Gasteiger partial charge in [0.2, 0.25) is 0 Å². The van der Waals surface area contributed by atoms with E-state index in [2.05, 4.69) is 20.1 Å². The Balaban J connectivity index is 1.22. The predicted molar refractivity (Wildman–Crippen MR) is 114 cm³/mol. The zero-order chi connectivity index (χ0) is 19.2. The molecule has 6 heteroatoms. The van der Waals surface area contributed by atoms with Crippen molar-refractivity contribution >= 4 is 17.5 Å². The highest BCUT2D eigenvalue weighted by Crippen LogP contribution is 2.27. The molecule has 3 aliphatic rings.